The van der Waals surface area contributed by atoms with Crippen LogP contribution in [-0.4, -0.2) is 50.5 Å². The molecule has 1 N–H and O–H groups in total. The van der Waals surface area contributed by atoms with Gasteiger partial charge in [0.15, 0.2) is 17.3 Å². The van der Waals surface area contributed by atoms with Gasteiger partial charge in [-0.2, -0.15) is 0 Å². The number of aromatic nitrogens is 2. The molecule has 2 heterocycles. The summed E-state index contributed by atoms with van der Waals surface area (Å²) in [4.78, 5) is 14.7. The quantitative estimate of drug-likeness (QED) is 0.469. The zero-order valence-electron chi connectivity index (χ0n) is 20.3. The Kier molecular flexibility index (Phi) is 7.82. The lowest BCUT2D eigenvalue weighted by Gasteiger charge is -2.27. The maximum atomic E-state index is 12.4. The Morgan fingerprint density at radius 1 is 0.886 bits per heavy atom. The van der Waals surface area contributed by atoms with Gasteiger partial charge < -0.3 is 24.4 Å². The molecular weight excluding hydrogens is 444 g/mol. The molecule has 4 rings (SSSR count). The molecule has 182 valence electrons. The first kappa shape index (κ1) is 24.1. The summed E-state index contributed by atoms with van der Waals surface area (Å²) in [6.45, 7) is 2.08. The normalized spacial score (nSPS) is 13.5. The Bertz CT molecular complexity index is 1150. The monoisotopic (exact) mass is 474 g/mol. The van der Waals surface area contributed by atoms with Gasteiger partial charge in [-0.05, 0) is 67.3 Å². The molecule has 1 amide bonds. The number of carbonyl (C=O) groups is 1. The zero-order valence-corrected chi connectivity index (χ0v) is 20.3. The molecule has 2 aromatic carbocycles. The Hall–Kier alpha value is -4.07. The molecule has 8 heteroatoms. The van der Waals surface area contributed by atoms with Gasteiger partial charge in [0.25, 0.3) is 0 Å². The molecule has 35 heavy (non-hydrogen) atoms. The Morgan fingerprint density at radius 3 is 2.14 bits per heavy atom. The summed E-state index contributed by atoms with van der Waals surface area (Å²) >= 11 is 0. The number of piperidine rings is 1. The van der Waals surface area contributed by atoms with Crippen molar-refractivity contribution in [2.75, 3.05) is 44.6 Å². The highest BCUT2D eigenvalue weighted by Gasteiger charge is 2.14. The van der Waals surface area contributed by atoms with Crippen molar-refractivity contribution in [1.29, 1.82) is 0 Å². The topological polar surface area (TPSA) is 85.8 Å². The van der Waals surface area contributed by atoms with E-state index in [1.807, 2.05) is 36.4 Å². The molecular formula is C27H30N4O4. The van der Waals surface area contributed by atoms with Crippen LogP contribution in [0.15, 0.2) is 54.6 Å². The summed E-state index contributed by atoms with van der Waals surface area (Å²) in [5.41, 5.74) is 3.17. The molecule has 0 radical (unpaired) electrons. The van der Waals surface area contributed by atoms with Crippen molar-refractivity contribution in [3.05, 3.63) is 60.2 Å². The number of nitrogens with zero attached hydrogens (tertiary/aromatic N) is 3. The van der Waals surface area contributed by atoms with E-state index in [1.54, 1.807) is 39.5 Å². The van der Waals surface area contributed by atoms with Gasteiger partial charge >= 0.3 is 0 Å². The second kappa shape index (κ2) is 11.4. The van der Waals surface area contributed by atoms with Crippen LogP contribution in [0.2, 0.25) is 0 Å². The van der Waals surface area contributed by atoms with Gasteiger partial charge in [-0.15, -0.1) is 10.2 Å². The van der Waals surface area contributed by atoms with Gasteiger partial charge in [0.05, 0.1) is 27.0 Å². The van der Waals surface area contributed by atoms with E-state index in [9.17, 15) is 4.79 Å². The minimum Gasteiger partial charge on any atom is -0.493 e. The van der Waals surface area contributed by atoms with Crippen LogP contribution >= 0.6 is 0 Å². The molecule has 0 spiro atoms. The van der Waals surface area contributed by atoms with Crippen molar-refractivity contribution in [2.45, 2.75) is 19.3 Å². The number of rotatable bonds is 8. The van der Waals surface area contributed by atoms with Gasteiger partial charge in [-0.1, -0.05) is 12.1 Å². The van der Waals surface area contributed by atoms with Crippen molar-refractivity contribution in [3.63, 3.8) is 0 Å². The van der Waals surface area contributed by atoms with Crippen molar-refractivity contribution < 1.29 is 19.0 Å². The minimum atomic E-state index is -0.253. The molecule has 1 aliphatic rings. The second-order valence-corrected chi connectivity index (χ2v) is 8.18. The van der Waals surface area contributed by atoms with Crippen molar-refractivity contribution in [2.24, 2.45) is 0 Å². The van der Waals surface area contributed by atoms with E-state index in [4.69, 9.17) is 14.2 Å². The van der Waals surface area contributed by atoms with Crippen LogP contribution in [-0.2, 0) is 4.79 Å². The highest BCUT2D eigenvalue weighted by Crippen LogP contribution is 2.38. The van der Waals surface area contributed by atoms with Crippen molar-refractivity contribution >= 4 is 23.5 Å². The maximum Gasteiger partial charge on any atom is 0.248 e. The summed E-state index contributed by atoms with van der Waals surface area (Å²) in [5, 5.41) is 11.7. The lowest BCUT2D eigenvalue weighted by molar-refractivity contribution is -0.111. The first-order valence-corrected chi connectivity index (χ1v) is 11.6. The molecule has 1 aliphatic heterocycles. The van der Waals surface area contributed by atoms with Gasteiger partial charge in [-0.3, -0.25) is 4.79 Å². The molecule has 0 unspecified atom stereocenters. The molecule has 0 aliphatic carbocycles. The Labute approximate surface area is 205 Å². The van der Waals surface area contributed by atoms with E-state index in [2.05, 4.69) is 20.4 Å². The molecule has 3 aromatic rings. The van der Waals surface area contributed by atoms with Crippen LogP contribution < -0.4 is 24.4 Å². The Balaban J connectivity index is 1.39. The number of hydrogen-bond donors (Lipinski definition) is 1. The van der Waals surface area contributed by atoms with Crippen LogP contribution in [0.4, 0.5) is 11.5 Å². The van der Waals surface area contributed by atoms with Crippen molar-refractivity contribution in [1.82, 2.24) is 10.2 Å². The third-order valence-electron chi connectivity index (χ3n) is 5.89. The summed E-state index contributed by atoms with van der Waals surface area (Å²) in [6.07, 6.45) is 6.83. The number of anilines is 2. The van der Waals surface area contributed by atoms with Gasteiger partial charge in [0, 0.05) is 30.4 Å². The number of hydrogen-bond acceptors (Lipinski definition) is 7. The highest BCUT2D eigenvalue weighted by molar-refractivity contribution is 6.02. The van der Waals surface area contributed by atoms with E-state index in [1.165, 1.54) is 25.3 Å². The summed E-state index contributed by atoms with van der Waals surface area (Å²) in [5.74, 6) is 2.22. The van der Waals surface area contributed by atoms with E-state index < -0.39 is 0 Å². The third-order valence-corrected chi connectivity index (χ3v) is 5.89. The average Bonchev–Trinajstić information content (AvgIpc) is 2.92. The van der Waals surface area contributed by atoms with E-state index in [-0.39, 0.29) is 5.91 Å². The number of ether oxygens (including phenoxy) is 3. The SMILES string of the molecule is COc1cc(/C=C/C(=O)Nc2ccc(-c3ccc(N4CCCCC4)nn3)cc2)cc(OC)c1OC. The fourth-order valence-corrected chi connectivity index (χ4v) is 4.05. The predicted octanol–water partition coefficient (Wildman–Crippen LogP) is 4.81. The third kappa shape index (κ3) is 5.90. The molecule has 0 atom stereocenters. The molecule has 0 bridgehead atoms. The van der Waals surface area contributed by atoms with E-state index in [0.29, 0.717) is 22.9 Å². The lowest BCUT2D eigenvalue weighted by atomic mass is 10.1. The van der Waals surface area contributed by atoms with Gasteiger partial charge in [-0.25, -0.2) is 0 Å². The number of amides is 1. The maximum absolute atomic E-state index is 12.4. The molecule has 1 aromatic heterocycles. The zero-order chi connectivity index (χ0) is 24.6. The smallest absolute Gasteiger partial charge is 0.248 e. The van der Waals surface area contributed by atoms with Crippen LogP contribution in [0.3, 0.4) is 0 Å². The average molecular weight is 475 g/mol. The summed E-state index contributed by atoms with van der Waals surface area (Å²) < 4.78 is 16.0. The largest absolute Gasteiger partial charge is 0.493 e. The molecule has 1 saturated heterocycles. The van der Waals surface area contributed by atoms with E-state index in [0.717, 1.165) is 35.7 Å². The van der Waals surface area contributed by atoms with Crippen molar-refractivity contribution in [3.8, 4) is 28.5 Å². The number of benzene rings is 2. The standard InChI is InChI=1S/C27H30N4O4/c1-33-23-17-19(18-24(34-2)27(23)35-3)7-14-26(32)28-21-10-8-20(9-11-21)22-12-13-25(30-29-22)31-15-5-4-6-16-31/h7-14,17-18H,4-6,15-16H2,1-3H3,(H,28,32)/b14-7+. The number of carbonyl (C=O) groups excluding carboxylic acids is 1. The fraction of sp³-hybridized carbons (Fsp3) is 0.296. The predicted molar refractivity (Wildman–Crippen MR) is 137 cm³/mol. The van der Waals surface area contributed by atoms with Gasteiger partial charge in [0.1, 0.15) is 0 Å². The molecule has 0 saturated carbocycles. The highest BCUT2D eigenvalue weighted by atomic mass is 16.5. The van der Waals surface area contributed by atoms with Crippen LogP contribution in [0.1, 0.15) is 24.8 Å². The van der Waals surface area contributed by atoms with Crippen LogP contribution in [0.25, 0.3) is 17.3 Å². The first-order chi connectivity index (χ1) is 17.1. The molecule has 1 fully saturated rings. The molecule has 8 nitrogen and oxygen atoms in total. The summed E-state index contributed by atoms with van der Waals surface area (Å²) in [7, 11) is 4.65. The summed E-state index contributed by atoms with van der Waals surface area (Å²) in [6, 6.07) is 15.1. The van der Waals surface area contributed by atoms with Gasteiger partial charge in [0.2, 0.25) is 11.7 Å². The van der Waals surface area contributed by atoms with Crippen LogP contribution in [0, 0.1) is 0 Å². The van der Waals surface area contributed by atoms with E-state index >= 15 is 0 Å². The number of nitrogens with one attached hydrogen (secondary N) is 1. The number of methoxy groups -OCH3 is 3. The first-order valence-electron chi connectivity index (χ1n) is 11.6. The Morgan fingerprint density at radius 2 is 1.57 bits per heavy atom. The fourth-order valence-electron chi connectivity index (χ4n) is 4.05. The second-order valence-electron chi connectivity index (χ2n) is 8.18. The van der Waals surface area contributed by atoms with Crippen LogP contribution in [0.5, 0.6) is 17.2 Å². The minimum absolute atomic E-state index is 0.253. The lowest BCUT2D eigenvalue weighted by Crippen LogP contribution is -2.30.